The van der Waals surface area contributed by atoms with Gasteiger partial charge in [-0.2, -0.15) is 0 Å². The second-order valence-corrected chi connectivity index (χ2v) is 7.06. The maximum atomic E-state index is 11.8. The third kappa shape index (κ3) is 1.64. The lowest BCUT2D eigenvalue weighted by atomic mass is 9.99. The summed E-state index contributed by atoms with van der Waals surface area (Å²) in [6.07, 6.45) is 4.06. The highest BCUT2D eigenvalue weighted by Crippen LogP contribution is 2.58. The summed E-state index contributed by atoms with van der Waals surface area (Å²) in [6, 6.07) is 8.54. The van der Waals surface area contributed by atoms with E-state index in [0.29, 0.717) is 11.2 Å². The largest absolute Gasteiger partial charge is 0.323 e. The number of thioether (sulfide) groups is 1. The summed E-state index contributed by atoms with van der Waals surface area (Å²) in [5.41, 5.74) is 3.68. The van der Waals surface area contributed by atoms with Crippen LogP contribution in [0, 0.1) is 0 Å². The predicted molar refractivity (Wildman–Crippen MR) is 85.7 cm³/mol. The van der Waals surface area contributed by atoms with Crippen molar-refractivity contribution in [1.82, 2.24) is 9.97 Å². The number of fused-ring (bicyclic) bond motifs is 3. The van der Waals surface area contributed by atoms with Crippen LogP contribution in [0.4, 0.5) is 17.2 Å². The van der Waals surface area contributed by atoms with Crippen molar-refractivity contribution in [3.63, 3.8) is 0 Å². The Morgan fingerprint density at radius 2 is 2.09 bits per heavy atom. The first-order valence-corrected chi connectivity index (χ1v) is 8.40. The molecule has 2 aromatic rings. The highest BCUT2D eigenvalue weighted by atomic mass is 32.2. The number of anilines is 3. The van der Waals surface area contributed by atoms with Gasteiger partial charge in [-0.1, -0.05) is 30.0 Å². The third-order valence-corrected chi connectivity index (χ3v) is 5.72. The number of hydrogen-bond acceptors (Lipinski definition) is 5. The lowest BCUT2D eigenvalue weighted by Crippen LogP contribution is -2.26. The van der Waals surface area contributed by atoms with Gasteiger partial charge in [0.1, 0.15) is 17.0 Å². The minimum Gasteiger partial charge on any atom is -0.323 e. The van der Waals surface area contributed by atoms with Crippen LogP contribution in [0.5, 0.6) is 0 Å². The number of hydrogen-bond donors (Lipinski definition) is 1. The molecule has 5 nitrogen and oxygen atoms in total. The van der Waals surface area contributed by atoms with Gasteiger partial charge in [0, 0.05) is 17.6 Å². The van der Waals surface area contributed by atoms with Crippen LogP contribution in [-0.2, 0) is 10.2 Å². The summed E-state index contributed by atoms with van der Waals surface area (Å²) < 4.78 is 0. The number of amides is 1. The van der Waals surface area contributed by atoms with E-state index >= 15 is 0 Å². The molecular formula is C16H14N4OS. The molecule has 1 aromatic carbocycles. The molecule has 5 rings (SSSR count). The van der Waals surface area contributed by atoms with Crippen molar-refractivity contribution < 1.29 is 4.79 Å². The van der Waals surface area contributed by atoms with Gasteiger partial charge in [-0.15, -0.1) is 0 Å². The highest BCUT2D eigenvalue weighted by Gasteiger charge is 2.52. The second kappa shape index (κ2) is 4.23. The number of carbonyl (C=O) groups excluding carboxylic acids is 1. The van der Waals surface area contributed by atoms with Gasteiger partial charge in [0.15, 0.2) is 5.82 Å². The van der Waals surface area contributed by atoms with Gasteiger partial charge in [0.05, 0.1) is 5.75 Å². The smallest absolute Gasteiger partial charge is 0.234 e. The minimum absolute atomic E-state index is 0.0159. The fourth-order valence-electron chi connectivity index (χ4n) is 3.49. The summed E-state index contributed by atoms with van der Waals surface area (Å²) in [6.45, 7) is 0.941. The number of benzene rings is 1. The first-order valence-electron chi connectivity index (χ1n) is 7.42. The summed E-state index contributed by atoms with van der Waals surface area (Å²) in [7, 11) is 0. The Kier molecular flexibility index (Phi) is 2.39. The molecule has 110 valence electrons. The Labute approximate surface area is 132 Å². The molecule has 0 unspecified atom stereocenters. The van der Waals surface area contributed by atoms with E-state index < -0.39 is 0 Å². The van der Waals surface area contributed by atoms with Crippen molar-refractivity contribution in [3.8, 4) is 0 Å². The van der Waals surface area contributed by atoms with Crippen molar-refractivity contribution in [2.24, 2.45) is 0 Å². The SMILES string of the molecule is O=C1CSc2ncnc(N3CC4(CC4)c4ccccc43)c2N1. The van der Waals surface area contributed by atoms with E-state index in [-0.39, 0.29) is 5.91 Å². The monoisotopic (exact) mass is 310 g/mol. The number of nitrogens with zero attached hydrogens (tertiary/aromatic N) is 3. The van der Waals surface area contributed by atoms with Gasteiger partial charge in [-0.3, -0.25) is 4.79 Å². The average molecular weight is 310 g/mol. The van der Waals surface area contributed by atoms with E-state index in [2.05, 4.69) is 44.5 Å². The molecule has 0 radical (unpaired) electrons. The van der Waals surface area contributed by atoms with Crippen LogP contribution < -0.4 is 10.2 Å². The van der Waals surface area contributed by atoms with Gasteiger partial charge in [0.25, 0.3) is 0 Å². The molecule has 0 bridgehead atoms. The summed E-state index contributed by atoms with van der Waals surface area (Å²) >= 11 is 1.48. The van der Waals surface area contributed by atoms with E-state index in [4.69, 9.17) is 0 Å². The van der Waals surface area contributed by atoms with Crippen LogP contribution in [0.2, 0.25) is 0 Å². The molecular weight excluding hydrogens is 296 g/mol. The lowest BCUT2D eigenvalue weighted by molar-refractivity contribution is -0.113. The fraction of sp³-hybridized carbons (Fsp3) is 0.312. The van der Waals surface area contributed by atoms with Gasteiger partial charge < -0.3 is 10.2 Å². The molecule has 3 heterocycles. The molecule has 1 N–H and O–H groups in total. The lowest BCUT2D eigenvalue weighted by Gasteiger charge is -2.24. The van der Waals surface area contributed by atoms with Gasteiger partial charge >= 0.3 is 0 Å². The number of para-hydroxylation sites is 1. The van der Waals surface area contributed by atoms with Crippen LogP contribution in [0.1, 0.15) is 18.4 Å². The molecule has 1 spiro atoms. The second-order valence-electron chi connectivity index (χ2n) is 6.10. The van der Waals surface area contributed by atoms with Crippen LogP contribution in [0.3, 0.4) is 0 Å². The quantitative estimate of drug-likeness (QED) is 0.821. The Bertz CT molecular complexity index is 802. The standard InChI is InChI=1S/C16H14N4OS/c21-12-7-22-15-13(19-12)14(17-9-18-15)20-8-16(5-6-16)10-3-1-2-4-11(10)20/h1-4,9H,5-8H2,(H,19,21). The number of aromatic nitrogens is 2. The maximum Gasteiger partial charge on any atom is 0.234 e. The Hall–Kier alpha value is -2.08. The molecule has 1 saturated carbocycles. The third-order valence-electron chi connectivity index (χ3n) is 4.73. The minimum atomic E-state index is 0.0159. The average Bonchev–Trinajstić information content (AvgIpc) is 3.25. The van der Waals surface area contributed by atoms with Gasteiger partial charge in [-0.25, -0.2) is 9.97 Å². The number of rotatable bonds is 1. The molecule has 2 aliphatic heterocycles. The van der Waals surface area contributed by atoms with Crippen LogP contribution >= 0.6 is 11.8 Å². The van der Waals surface area contributed by atoms with E-state index in [1.165, 1.54) is 35.9 Å². The normalized spacial score (nSPS) is 20.5. The zero-order valence-corrected chi connectivity index (χ0v) is 12.7. The molecule has 0 atom stereocenters. The van der Waals surface area contributed by atoms with Gasteiger partial charge in [0.2, 0.25) is 5.91 Å². The van der Waals surface area contributed by atoms with Crippen molar-refractivity contribution in [3.05, 3.63) is 36.2 Å². The molecule has 1 aliphatic carbocycles. The van der Waals surface area contributed by atoms with Crippen LogP contribution in [0.25, 0.3) is 0 Å². The zero-order valence-electron chi connectivity index (χ0n) is 11.9. The molecule has 1 aromatic heterocycles. The fourth-order valence-corrected chi connectivity index (χ4v) is 4.24. The Morgan fingerprint density at radius 1 is 1.23 bits per heavy atom. The van der Waals surface area contributed by atoms with Crippen molar-refractivity contribution in [2.45, 2.75) is 23.3 Å². The molecule has 1 fully saturated rings. The summed E-state index contributed by atoms with van der Waals surface area (Å²) in [5, 5.41) is 3.82. The topological polar surface area (TPSA) is 58.1 Å². The predicted octanol–water partition coefficient (Wildman–Crippen LogP) is 2.70. The number of nitrogens with one attached hydrogen (secondary N) is 1. The van der Waals surface area contributed by atoms with Crippen molar-refractivity contribution >= 4 is 34.9 Å². The van der Waals surface area contributed by atoms with E-state index in [1.807, 2.05) is 0 Å². The van der Waals surface area contributed by atoms with Crippen molar-refractivity contribution in [1.29, 1.82) is 0 Å². The Morgan fingerprint density at radius 3 is 2.95 bits per heavy atom. The van der Waals surface area contributed by atoms with Crippen molar-refractivity contribution in [2.75, 3.05) is 22.5 Å². The number of carbonyl (C=O) groups is 1. The van der Waals surface area contributed by atoms with E-state index in [0.717, 1.165) is 23.1 Å². The highest BCUT2D eigenvalue weighted by molar-refractivity contribution is 8.00. The first-order chi connectivity index (χ1) is 10.8. The zero-order chi connectivity index (χ0) is 14.7. The molecule has 22 heavy (non-hydrogen) atoms. The van der Waals surface area contributed by atoms with E-state index in [1.54, 1.807) is 6.33 Å². The summed E-state index contributed by atoms with van der Waals surface area (Å²) in [5.74, 6) is 1.26. The molecule has 3 aliphatic rings. The molecule has 0 saturated heterocycles. The molecule has 1 amide bonds. The van der Waals surface area contributed by atoms with Crippen LogP contribution in [0.15, 0.2) is 35.6 Å². The first kappa shape index (κ1) is 12.5. The maximum absolute atomic E-state index is 11.8. The molecule has 6 heteroatoms. The van der Waals surface area contributed by atoms with E-state index in [9.17, 15) is 4.79 Å². The summed E-state index contributed by atoms with van der Waals surface area (Å²) in [4.78, 5) is 22.8. The Balaban J connectivity index is 1.66. The van der Waals surface area contributed by atoms with Crippen LogP contribution in [-0.4, -0.2) is 28.2 Å². The van der Waals surface area contributed by atoms with Gasteiger partial charge in [-0.05, 0) is 24.5 Å².